The van der Waals surface area contributed by atoms with Gasteiger partial charge in [0.15, 0.2) is 0 Å². The molecule has 4 aromatic heterocycles. The van der Waals surface area contributed by atoms with Gasteiger partial charge in [0.2, 0.25) is 0 Å². The maximum atomic E-state index is 12.6. The normalized spacial score (nSPS) is 9.47. The number of nitrogens with zero attached hydrogens (tertiary/aromatic N) is 4. The van der Waals surface area contributed by atoms with Gasteiger partial charge in [0.25, 0.3) is 0 Å². The number of hydrogen-bond acceptors (Lipinski definition) is 4. The Morgan fingerprint density at radius 2 is 0.517 bits per heavy atom. The van der Waals surface area contributed by atoms with Crippen molar-refractivity contribution in [2.75, 3.05) is 0 Å². The maximum Gasteiger partial charge on any atom is 3.00 e. The third-order valence-corrected chi connectivity index (χ3v) is 7.85. The van der Waals surface area contributed by atoms with Crippen molar-refractivity contribution in [2.24, 2.45) is 0 Å². The van der Waals surface area contributed by atoms with Crippen molar-refractivity contribution in [3.8, 4) is 45.0 Å². The molecule has 0 saturated heterocycles. The van der Waals surface area contributed by atoms with Gasteiger partial charge in [-0.25, -0.2) is 0 Å². The Morgan fingerprint density at radius 3 is 0.650 bits per heavy atom. The predicted octanol–water partition coefficient (Wildman–Crippen LogP) is 5.99. The number of halogens is 6. The average molecular weight is 1200 g/mol. The van der Waals surface area contributed by atoms with Crippen molar-refractivity contribution < 1.29 is 82.6 Å². The van der Waals surface area contributed by atoms with Crippen LogP contribution >= 0.6 is 0 Å². The molecule has 308 valence electrons. The van der Waals surface area contributed by atoms with Gasteiger partial charge in [0.1, 0.15) is 0 Å². The third-order valence-electron chi connectivity index (χ3n) is 7.85. The molecule has 4 heterocycles. The van der Waals surface area contributed by atoms with E-state index in [1.807, 2.05) is 76.2 Å². The standard InChI is InChI=1S/4C12H9FN.2ClH.2Ir/c4*1-9-2-7-12(14-8-9)10-3-5-11(13)6-4-10;;;;/h4*2-3,5-8H,1H3;2*1H;;/q4*-1;;;2*+3/p-2. The van der Waals surface area contributed by atoms with Crippen LogP contribution in [0.15, 0.2) is 146 Å². The number of benzene rings is 4. The van der Waals surface area contributed by atoms with Gasteiger partial charge in [-0.3, -0.25) is 17.6 Å². The van der Waals surface area contributed by atoms with E-state index in [-0.39, 0.29) is 88.3 Å². The third kappa shape index (κ3) is 17.4. The van der Waals surface area contributed by atoms with Crippen LogP contribution in [0.5, 0.6) is 0 Å². The predicted molar refractivity (Wildman–Crippen MR) is 213 cm³/mol. The van der Waals surface area contributed by atoms with Crippen LogP contribution in [0.1, 0.15) is 22.3 Å². The molecule has 0 unspecified atom stereocenters. The molecule has 8 aromatic rings. The first kappa shape index (κ1) is 53.1. The molecule has 0 amide bonds. The molecular weight excluding hydrogens is 1160 g/mol. The van der Waals surface area contributed by atoms with Crippen molar-refractivity contribution in [3.05, 3.63) is 216 Å². The molecule has 0 fully saturated rings. The summed E-state index contributed by atoms with van der Waals surface area (Å²) in [7, 11) is 0. The van der Waals surface area contributed by atoms with Crippen LogP contribution in [0.3, 0.4) is 0 Å². The second-order valence-electron chi connectivity index (χ2n) is 12.6. The smallest absolute Gasteiger partial charge is 1.00 e. The summed E-state index contributed by atoms with van der Waals surface area (Å²) >= 11 is 0. The summed E-state index contributed by atoms with van der Waals surface area (Å²) in [4.78, 5) is 16.9. The van der Waals surface area contributed by atoms with Crippen molar-refractivity contribution in [1.82, 2.24) is 19.9 Å². The summed E-state index contributed by atoms with van der Waals surface area (Å²) in [5, 5.41) is 0. The van der Waals surface area contributed by atoms with E-state index in [4.69, 9.17) is 0 Å². The molecule has 0 aliphatic carbocycles. The quantitative estimate of drug-likeness (QED) is 0.161. The molecule has 0 N–H and O–H groups in total. The van der Waals surface area contributed by atoms with Gasteiger partial charge in [-0.05, 0) is 72.7 Å². The second-order valence-corrected chi connectivity index (χ2v) is 12.6. The van der Waals surface area contributed by atoms with E-state index < -0.39 is 0 Å². The Hall–Kier alpha value is -4.92. The van der Waals surface area contributed by atoms with Crippen LogP contribution in [-0.4, -0.2) is 19.9 Å². The fourth-order valence-electron chi connectivity index (χ4n) is 4.77. The fourth-order valence-corrected chi connectivity index (χ4v) is 4.77. The van der Waals surface area contributed by atoms with Gasteiger partial charge in [-0.15, -0.1) is 119 Å². The van der Waals surface area contributed by atoms with E-state index in [2.05, 4.69) is 44.2 Å². The van der Waals surface area contributed by atoms with Crippen LogP contribution in [0.25, 0.3) is 45.0 Å². The zero-order valence-corrected chi connectivity index (χ0v) is 38.9. The molecule has 4 aromatic carbocycles. The molecular formula is C48H36Cl2F4Ir2N4. The average Bonchev–Trinajstić information content (AvgIpc) is 3.21. The molecule has 0 aliphatic heterocycles. The number of aromatic nitrogens is 4. The number of hydrogen-bond donors (Lipinski definition) is 0. The van der Waals surface area contributed by atoms with Gasteiger partial charge in [0.05, 0.1) is 0 Å². The first-order valence-corrected chi connectivity index (χ1v) is 17.4. The van der Waals surface area contributed by atoms with Crippen molar-refractivity contribution in [3.63, 3.8) is 0 Å². The van der Waals surface area contributed by atoms with Crippen molar-refractivity contribution in [1.29, 1.82) is 0 Å². The molecule has 60 heavy (non-hydrogen) atoms. The Morgan fingerprint density at radius 1 is 0.317 bits per heavy atom. The summed E-state index contributed by atoms with van der Waals surface area (Å²) in [6.07, 6.45) is 7.14. The first-order valence-electron chi connectivity index (χ1n) is 17.4. The maximum absolute atomic E-state index is 12.6. The largest absolute Gasteiger partial charge is 3.00 e. The summed E-state index contributed by atoms with van der Waals surface area (Å²) in [5.74, 6) is -1.11. The van der Waals surface area contributed by atoms with Crippen LogP contribution in [0.4, 0.5) is 17.6 Å². The first-order chi connectivity index (χ1) is 27.0. The van der Waals surface area contributed by atoms with E-state index in [1.54, 1.807) is 49.1 Å². The van der Waals surface area contributed by atoms with Crippen LogP contribution in [0, 0.1) is 75.2 Å². The van der Waals surface area contributed by atoms with Crippen molar-refractivity contribution in [2.45, 2.75) is 27.7 Å². The van der Waals surface area contributed by atoms with Crippen LogP contribution < -0.4 is 24.8 Å². The zero-order chi connectivity index (χ0) is 39.9. The number of pyridine rings is 4. The Labute approximate surface area is 388 Å². The molecule has 4 nitrogen and oxygen atoms in total. The summed E-state index contributed by atoms with van der Waals surface area (Å²) in [6.45, 7) is 7.91. The van der Waals surface area contributed by atoms with Crippen LogP contribution in [-0.2, 0) is 40.2 Å². The molecule has 0 spiro atoms. The molecule has 0 atom stereocenters. The van der Waals surface area contributed by atoms with Crippen molar-refractivity contribution >= 4 is 0 Å². The second kappa shape index (κ2) is 27.0. The minimum Gasteiger partial charge on any atom is -1.00 e. The van der Waals surface area contributed by atoms with Crippen LogP contribution in [0.2, 0.25) is 0 Å². The molecule has 8 rings (SSSR count). The summed E-state index contributed by atoms with van der Waals surface area (Å²) < 4.78 is 50.5. The summed E-state index contributed by atoms with van der Waals surface area (Å²) in [5.41, 5.74) is 10.9. The molecule has 0 radical (unpaired) electrons. The zero-order valence-electron chi connectivity index (χ0n) is 32.6. The van der Waals surface area contributed by atoms with E-state index in [0.717, 1.165) is 67.3 Å². The Bertz CT molecular complexity index is 1870. The Kier molecular flexibility index (Phi) is 23.9. The minimum atomic E-state index is -0.277. The van der Waals surface area contributed by atoms with Gasteiger partial charge in [0, 0.05) is 48.1 Å². The topological polar surface area (TPSA) is 51.6 Å². The van der Waals surface area contributed by atoms with Gasteiger partial charge < -0.3 is 44.7 Å². The SMILES string of the molecule is Cc1ccc(-c2[c-]cc(F)cc2)nc1.Cc1ccc(-c2[c-]cc(F)cc2)nc1.Cc1ccc(-c2[c-]cc(F)cc2)nc1.Cc1ccc(-c2[c-]cc(F)cc2)nc1.[Cl-].[Cl-].[Ir+3].[Ir+3]. The molecule has 12 heteroatoms. The van der Waals surface area contributed by atoms with E-state index >= 15 is 0 Å². The fraction of sp³-hybridized carbons (Fsp3) is 0.0833. The number of rotatable bonds is 4. The van der Waals surface area contributed by atoms with E-state index in [0.29, 0.717) is 0 Å². The Balaban J connectivity index is 0.000000391. The molecule has 0 saturated carbocycles. The van der Waals surface area contributed by atoms with Gasteiger partial charge in [-0.2, -0.15) is 0 Å². The molecule has 0 aliphatic rings. The monoisotopic (exact) mass is 1200 g/mol. The summed E-state index contributed by atoms with van der Waals surface area (Å²) in [6, 6.07) is 44.4. The number of aryl methyl sites for hydroxylation is 4. The van der Waals surface area contributed by atoms with Gasteiger partial charge in [-0.1, -0.05) is 48.5 Å². The van der Waals surface area contributed by atoms with E-state index in [1.165, 1.54) is 48.5 Å². The molecule has 0 bridgehead atoms. The van der Waals surface area contributed by atoms with Gasteiger partial charge >= 0.3 is 40.2 Å². The minimum absolute atomic E-state index is 0. The van der Waals surface area contributed by atoms with E-state index in [9.17, 15) is 17.6 Å².